The molecule has 2 aromatic rings. The fraction of sp³-hybridized carbons (Fsp3) is 0.550. The Kier molecular flexibility index (Phi) is 12.2. The normalized spacial score (nSPS) is 34.0. The number of phosphoric ester groups is 2. The van der Waals surface area contributed by atoms with Gasteiger partial charge < -0.3 is 60.5 Å². The fourth-order valence-electron chi connectivity index (χ4n) is 4.83. The third-order valence-electron chi connectivity index (χ3n) is 7.12. The number of aromatic nitrogens is 4. The number of imidazole rings is 1. The van der Waals surface area contributed by atoms with Gasteiger partial charge in [0.15, 0.2) is 18.1 Å². The van der Waals surface area contributed by atoms with E-state index in [9.17, 15) is 63.1 Å². The number of aliphatic hydroxyl groups is 4. The lowest BCUT2D eigenvalue weighted by Gasteiger charge is -2.31. The highest BCUT2D eigenvalue weighted by atomic mass is 32.1. The number of amides is 2. The first-order valence-corrected chi connectivity index (χ1v) is 20.5. The number of hydrogen-bond donors (Lipinski definition) is 10. The second-order valence-corrected chi connectivity index (χ2v) is 17.2. The molecular formula is C20H29N7O20P4S. The lowest BCUT2D eigenvalue weighted by Crippen LogP contribution is -2.53. The number of urea groups is 1. The van der Waals surface area contributed by atoms with Crippen LogP contribution in [0.1, 0.15) is 6.23 Å². The van der Waals surface area contributed by atoms with Crippen molar-refractivity contribution in [2.45, 2.75) is 55.1 Å². The molecule has 2 fully saturated rings. The van der Waals surface area contributed by atoms with Crippen molar-refractivity contribution in [3.8, 4) is 0 Å². The summed E-state index contributed by atoms with van der Waals surface area (Å²) < 4.78 is 81.8. The van der Waals surface area contributed by atoms with Crippen molar-refractivity contribution in [2.24, 2.45) is 0 Å². The molecule has 2 amide bonds. The SMILES string of the molecule is Nc1ncc2c(ncn2[C@H]2O[C@H](COP(=O)(O)OP(=O)(O)OP(=O)(O)OP(=O)(O)OC[C@H]3O[C@H](N4C=CC(C=S)NC4=O)[C@H](O)[C@@H]3O)[C@@H](O)[C@H]2O)n1. The molecule has 3 aliphatic heterocycles. The molecule has 32 heteroatoms. The molecule has 5 heterocycles. The second kappa shape index (κ2) is 15.5. The number of aliphatic hydroxyl groups excluding tert-OH is 4. The van der Waals surface area contributed by atoms with E-state index in [1.54, 1.807) is 0 Å². The maximum absolute atomic E-state index is 12.4. The fourth-order valence-corrected chi connectivity index (χ4v) is 9.94. The quantitative estimate of drug-likeness (QED) is 0.0676. The number of phosphoric acid groups is 4. The van der Waals surface area contributed by atoms with Crippen molar-refractivity contribution in [3.63, 3.8) is 0 Å². The minimum absolute atomic E-state index is 0.0950. The Morgan fingerprint density at radius 1 is 0.846 bits per heavy atom. The van der Waals surface area contributed by atoms with Gasteiger partial charge in [-0.15, -0.1) is 0 Å². The third-order valence-corrected chi connectivity index (χ3v) is 13.3. The molecule has 0 saturated carbocycles. The van der Waals surface area contributed by atoms with Crippen molar-refractivity contribution in [1.82, 2.24) is 29.7 Å². The summed E-state index contributed by atoms with van der Waals surface area (Å²) in [6, 6.07) is -1.42. The van der Waals surface area contributed by atoms with Gasteiger partial charge in [0.2, 0.25) is 5.95 Å². The summed E-state index contributed by atoms with van der Waals surface area (Å²) in [6.45, 7) is -2.26. The van der Waals surface area contributed by atoms with Crippen molar-refractivity contribution < 1.29 is 94.5 Å². The van der Waals surface area contributed by atoms with Gasteiger partial charge in [-0.3, -0.25) is 18.5 Å². The minimum atomic E-state index is -6.20. The third kappa shape index (κ3) is 9.52. The van der Waals surface area contributed by atoms with Crippen LogP contribution in [0.3, 0.4) is 0 Å². The molecule has 11 N–H and O–H groups in total. The molecule has 3 aliphatic rings. The molecule has 0 aliphatic carbocycles. The van der Waals surface area contributed by atoms with Gasteiger partial charge in [0.25, 0.3) is 0 Å². The van der Waals surface area contributed by atoms with E-state index in [1.165, 1.54) is 28.4 Å². The van der Waals surface area contributed by atoms with Gasteiger partial charge in [-0.25, -0.2) is 33.0 Å². The number of nitrogens with two attached hydrogens (primary N) is 1. The van der Waals surface area contributed by atoms with E-state index in [4.69, 9.17) is 27.4 Å². The largest absolute Gasteiger partial charge is 0.490 e. The molecule has 5 unspecified atom stereocenters. The second-order valence-electron chi connectivity index (χ2n) is 10.8. The molecule has 52 heavy (non-hydrogen) atoms. The van der Waals surface area contributed by atoms with Crippen molar-refractivity contribution >= 4 is 72.0 Å². The molecule has 13 atom stereocenters. The zero-order valence-corrected chi connectivity index (χ0v) is 29.9. The summed E-state index contributed by atoms with van der Waals surface area (Å²) in [5, 5.41) is 45.1. The highest BCUT2D eigenvalue weighted by Crippen LogP contribution is 2.71. The van der Waals surface area contributed by atoms with E-state index in [1.807, 2.05) is 0 Å². The van der Waals surface area contributed by atoms with E-state index < -0.39 is 106 Å². The molecule has 27 nitrogen and oxygen atoms in total. The number of anilines is 1. The standard InChI is InChI=1S/C20H29N7O20P4S/c21-19-22-3-9-16(25-19)23-7-27(9)18-15(31)13(29)11(44-18)5-42-49(35,36)46-51(39,40)47-50(37,38)45-48(33,34)41-4-10-12(28)14(30)17(43-10)26-2-1-8(6-52)24-20(26)32/h1-3,6-8,10-15,17-18,28-31H,4-5H2,(H,24,32)(H,33,34)(H,35,36)(H,37,38)(H,39,40)(H2,21,22,25)/t8?,10-,11-,12-,13-,14-,15-,17+,18+/m1/s1. The molecule has 290 valence electrons. The van der Waals surface area contributed by atoms with Crippen LogP contribution in [0.15, 0.2) is 24.8 Å². The summed E-state index contributed by atoms with van der Waals surface area (Å²) in [4.78, 5) is 64.2. The van der Waals surface area contributed by atoms with Crippen LogP contribution in [-0.2, 0) is 49.7 Å². The smallest absolute Gasteiger partial charge is 0.387 e. The number of rotatable bonds is 15. The Hall–Kier alpha value is -2.23. The van der Waals surface area contributed by atoms with Gasteiger partial charge in [0.1, 0.15) is 42.1 Å². The van der Waals surface area contributed by atoms with Crippen LogP contribution in [0, 0.1) is 0 Å². The van der Waals surface area contributed by atoms with E-state index in [0.717, 1.165) is 11.2 Å². The van der Waals surface area contributed by atoms with Crippen LogP contribution < -0.4 is 11.1 Å². The number of nitrogens with one attached hydrogen (secondary N) is 1. The highest BCUT2D eigenvalue weighted by Gasteiger charge is 2.51. The van der Waals surface area contributed by atoms with Gasteiger partial charge in [-0.2, -0.15) is 17.9 Å². The topological polar surface area (TPSA) is 397 Å². The number of ether oxygens (including phenoxy) is 2. The number of carbonyl (C=O) groups excluding carboxylic acids is 1. The molecule has 0 aromatic carbocycles. The lowest BCUT2D eigenvalue weighted by atomic mass is 10.1. The molecule has 0 radical (unpaired) electrons. The van der Waals surface area contributed by atoms with E-state index in [0.29, 0.717) is 0 Å². The van der Waals surface area contributed by atoms with Crippen LogP contribution in [0.25, 0.3) is 11.2 Å². The molecule has 5 rings (SSSR count). The summed E-state index contributed by atoms with van der Waals surface area (Å²) >= 11 is 4.73. The number of nitrogen functional groups attached to an aromatic ring is 1. The van der Waals surface area contributed by atoms with E-state index >= 15 is 0 Å². The summed E-state index contributed by atoms with van der Waals surface area (Å²) in [7, 11) is -24.0. The lowest BCUT2D eigenvalue weighted by molar-refractivity contribution is -0.0651. The Balaban J connectivity index is 1.12. The van der Waals surface area contributed by atoms with Crippen molar-refractivity contribution in [1.29, 1.82) is 0 Å². The first-order chi connectivity index (χ1) is 24.1. The first kappa shape index (κ1) is 40.9. The van der Waals surface area contributed by atoms with Gasteiger partial charge in [0.05, 0.1) is 31.8 Å². The number of carbonyl (C=O) groups is 1. The van der Waals surface area contributed by atoms with E-state index in [2.05, 4.69) is 42.2 Å². The number of thiocarbonyl (C=S) groups is 1. The van der Waals surface area contributed by atoms with Crippen LogP contribution in [0.2, 0.25) is 0 Å². The van der Waals surface area contributed by atoms with Crippen LogP contribution in [0.5, 0.6) is 0 Å². The van der Waals surface area contributed by atoms with Gasteiger partial charge in [-0.05, 0) is 6.08 Å². The zero-order valence-electron chi connectivity index (χ0n) is 25.5. The monoisotopic (exact) mass is 843 g/mol. The zero-order chi connectivity index (χ0) is 38.4. The first-order valence-electron chi connectivity index (χ1n) is 14.1. The molecule has 0 bridgehead atoms. The number of fused-ring (bicyclic) bond motifs is 1. The summed E-state index contributed by atoms with van der Waals surface area (Å²) in [5.41, 5.74) is 5.80. The average Bonchev–Trinajstić information content (AvgIpc) is 3.66. The van der Waals surface area contributed by atoms with Gasteiger partial charge in [-0.1, -0.05) is 12.2 Å². The molecular weight excluding hydrogens is 814 g/mol. The molecule has 2 saturated heterocycles. The molecule has 0 spiro atoms. The predicted molar refractivity (Wildman–Crippen MR) is 168 cm³/mol. The minimum Gasteiger partial charge on any atom is -0.387 e. The van der Waals surface area contributed by atoms with Crippen LogP contribution >= 0.6 is 43.5 Å². The Morgan fingerprint density at radius 2 is 1.37 bits per heavy atom. The number of hydrogen-bond acceptors (Lipinski definition) is 21. The number of nitrogens with zero attached hydrogens (tertiary/aromatic N) is 5. The van der Waals surface area contributed by atoms with E-state index in [-0.39, 0.29) is 17.1 Å². The summed E-state index contributed by atoms with van der Waals surface area (Å²) in [5.74, 6) is -0.111. The average molecular weight is 843 g/mol. The van der Waals surface area contributed by atoms with Crippen molar-refractivity contribution in [2.75, 3.05) is 18.9 Å². The van der Waals surface area contributed by atoms with Gasteiger partial charge in [0, 0.05) is 11.6 Å². The van der Waals surface area contributed by atoms with Crippen molar-refractivity contribution in [3.05, 3.63) is 24.8 Å². The van der Waals surface area contributed by atoms with Crippen LogP contribution in [0.4, 0.5) is 10.7 Å². The maximum Gasteiger partial charge on any atom is 0.490 e. The van der Waals surface area contributed by atoms with Gasteiger partial charge >= 0.3 is 37.3 Å². The Morgan fingerprint density at radius 3 is 1.90 bits per heavy atom. The Labute approximate surface area is 294 Å². The predicted octanol–water partition coefficient (Wildman–Crippen LogP) is -2.13. The van der Waals surface area contributed by atoms with Crippen LogP contribution in [-0.4, -0.2) is 138 Å². The molecule has 2 aromatic heterocycles. The Bertz CT molecular complexity index is 1910. The maximum atomic E-state index is 12.4. The summed E-state index contributed by atoms with van der Waals surface area (Å²) in [6.07, 6.45) is -8.35. The highest BCUT2D eigenvalue weighted by molar-refractivity contribution is 7.79.